The van der Waals surface area contributed by atoms with E-state index in [0.717, 1.165) is 83.4 Å². The number of allylic oxidation sites excluding steroid dienone is 11. The highest BCUT2D eigenvalue weighted by atomic mass is 16.5. The molecule has 4 aliphatic heterocycles. The monoisotopic (exact) mass is 1440 g/mol. The third kappa shape index (κ3) is 13.4. The van der Waals surface area contributed by atoms with Gasteiger partial charge in [-0.3, -0.25) is 38.7 Å². The molecule has 548 valence electrons. The van der Waals surface area contributed by atoms with E-state index in [9.17, 15) is 48.6 Å². The van der Waals surface area contributed by atoms with E-state index in [1.165, 1.54) is 42.7 Å². The number of nitrogens with one attached hydrogen (secondary N) is 4. The molecule has 0 fully saturated rings. The first-order chi connectivity index (χ1) is 50.5. The summed E-state index contributed by atoms with van der Waals surface area (Å²) in [6.45, 7) is 23.5. The first kappa shape index (κ1) is 75.1. The Kier molecular flexibility index (Phi) is 21.2. The summed E-state index contributed by atoms with van der Waals surface area (Å²) in [6.07, 6.45) is 11.6. The molecule has 24 nitrogen and oxygen atoms in total. The van der Waals surface area contributed by atoms with Gasteiger partial charge < -0.3 is 58.6 Å². The Morgan fingerprint density at radius 1 is 0.425 bits per heavy atom. The fraction of sp³-hybridized carbons (Fsp3) is 0.317. The van der Waals surface area contributed by atoms with Crippen molar-refractivity contribution in [1.29, 1.82) is 0 Å². The molecule has 0 spiro atoms. The minimum atomic E-state index is -1.18. The maximum absolute atomic E-state index is 13.7. The van der Waals surface area contributed by atoms with Crippen molar-refractivity contribution in [3.63, 3.8) is 0 Å². The average molecular weight is 1440 g/mol. The number of carbonyl (C=O) groups is 8. The average Bonchev–Trinajstić information content (AvgIpc) is 1.53. The number of H-pyrrole nitrogens is 4. The van der Waals surface area contributed by atoms with Gasteiger partial charge in [-0.1, -0.05) is 49.6 Å². The van der Waals surface area contributed by atoms with Crippen LogP contribution in [0.25, 0.3) is 83.6 Å². The molecule has 0 saturated carbocycles. The second-order valence-electron chi connectivity index (χ2n) is 27.0. The third-order valence-corrected chi connectivity index (χ3v) is 21.4. The van der Waals surface area contributed by atoms with Crippen molar-refractivity contribution in [3.8, 4) is 0 Å². The lowest BCUT2D eigenvalue weighted by Crippen LogP contribution is -2.42. The van der Waals surface area contributed by atoms with Crippen molar-refractivity contribution in [3.05, 3.63) is 193 Å². The van der Waals surface area contributed by atoms with Crippen molar-refractivity contribution in [1.82, 2.24) is 39.9 Å². The summed E-state index contributed by atoms with van der Waals surface area (Å²) in [5, 5.41) is 19.3. The molecule has 16 bridgehead atoms. The Balaban J connectivity index is 0.000000212. The van der Waals surface area contributed by atoms with Gasteiger partial charge >= 0.3 is 47.8 Å². The molecule has 0 unspecified atom stereocenters. The fourth-order valence-corrected chi connectivity index (χ4v) is 15.4. The maximum Gasteiger partial charge on any atom is 0.334 e. The van der Waals surface area contributed by atoms with Crippen molar-refractivity contribution in [2.24, 2.45) is 11.8 Å². The molecule has 10 heterocycles. The molecule has 2 aliphatic carbocycles. The molecule has 4 atom stereocenters. The molecule has 0 amide bonds. The second-order valence-corrected chi connectivity index (χ2v) is 27.0. The molecule has 24 heteroatoms. The quantitative estimate of drug-likeness (QED) is 0.0344. The van der Waals surface area contributed by atoms with Crippen LogP contribution < -0.4 is 0 Å². The number of aliphatic carboxylic acids is 2. The lowest BCUT2D eigenvalue weighted by molar-refractivity contribution is -0.149. The molecule has 6 N–H and O–H groups in total. The van der Waals surface area contributed by atoms with E-state index in [1.54, 1.807) is 36.5 Å². The van der Waals surface area contributed by atoms with Gasteiger partial charge in [0.25, 0.3) is 0 Å². The summed E-state index contributed by atoms with van der Waals surface area (Å²) in [5.74, 6) is -7.34. The highest BCUT2D eigenvalue weighted by Crippen LogP contribution is 2.55. The number of carboxylic acids is 2. The number of hydrogen-bond donors (Lipinski definition) is 6. The minimum Gasteiger partial charge on any atom is -0.481 e. The summed E-state index contributed by atoms with van der Waals surface area (Å²) >= 11 is 0. The number of aryl methyl sites for hydroxylation is 7. The van der Waals surface area contributed by atoms with Crippen molar-refractivity contribution < 1.29 is 77.0 Å². The molecular formula is C82H84N8O16. The fourth-order valence-electron chi connectivity index (χ4n) is 15.4. The van der Waals surface area contributed by atoms with Crippen molar-refractivity contribution >= 4 is 131 Å². The molecule has 106 heavy (non-hydrogen) atoms. The number of aromatic nitrogens is 8. The van der Waals surface area contributed by atoms with Gasteiger partial charge in [0.15, 0.2) is 0 Å². The van der Waals surface area contributed by atoms with Gasteiger partial charge in [0.1, 0.15) is 11.8 Å². The molecule has 12 rings (SSSR count). The number of hydrogen-bond acceptors (Lipinski definition) is 18. The number of carbonyl (C=O) groups excluding carboxylic acids is 6. The van der Waals surface area contributed by atoms with Crippen LogP contribution in [0, 0.1) is 39.5 Å². The SMILES string of the molecule is C=CC1=C(C)c2cc3nc(cc4[nH]c(cc5[nH]c(cc1n2)c(C)c5CCC(=O)O)c(CCC(=O)OC)c4C)[C@@]1(C)C3=CC=C(C(=O)OC)[C@H]1C(=O)OC.C=Cc1c(C)c2cc3nc(cc4[nH]c(cc5nc(cc1[nH]2)C(C)=C5CCC(=O)OC)c(CCC(=O)O)c4C)[C@@]1(C)C3=CC=C(C(=O)OC)[C@H]1C(=O)OC. The van der Waals surface area contributed by atoms with E-state index in [2.05, 4.69) is 33.1 Å². The zero-order valence-corrected chi connectivity index (χ0v) is 61.7. The van der Waals surface area contributed by atoms with Crippen LogP contribution in [0.3, 0.4) is 0 Å². The summed E-state index contributed by atoms with van der Waals surface area (Å²) in [7, 11) is 7.78. The summed E-state index contributed by atoms with van der Waals surface area (Å²) in [5.41, 5.74) is 19.8. The van der Waals surface area contributed by atoms with Crippen LogP contribution in [-0.2, 0) is 96.9 Å². The predicted octanol–water partition coefficient (Wildman–Crippen LogP) is 13.1. The lowest BCUT2D eigenvalue weighted by atomic mass is 9.64. The number of nitrogens with zero attached hydrogens (tertiary/aromatic N) is 4. The van der Waals surface area contributed by atoms with Crippen LogP contribution in [0.1, 0.15) is 150 Å². The maximum atomic E-state index is 13.7. The zero-order chi connectivity index (χ0) is 76.7. The number of ether oxygens (including phenoxy) is 6. The number of fused-ring (bicyclic) bond motifs is 22. The Hall–Kier alpha value is -12.1. The third-order valence-electron chi connectivity index (χ3n) is 21.4. The number of esters is 6. The van der Waals surface area contributed by atoms with E-state index in [-0.39, 0.29) is 61.6 Å². The molecular weight excluding hydrogens is 1350 g/mol. The van der Waals surface area contributed by atoms with Crippen LogP contribution in [0.5, 0.6) is 0 Å². The van der Waals surface area contributed by atoms with Gasteiger partial charge in [0, 0.05) is 81.0 Å². The van der Waals surface area contributed by atoms with E-state index in [0.29, 0.717) is 97.1 Å². The summed E-state index contributed by atoms with van der Waals surface area (Å²) < 4.78 is 30.7. The second kappa shape index (κ2) is 29.9. The van der Waals surface area contributed by atoms with Gasteiger partial charge in [-0.25, -0.2) is 19.6 Å². The van der Waals surface area contributed by atoms with Gasteiger partial charge in [-0.05, 0) is 196 Å². The Morgan fingerprint density at radius 2 is 0.821 bits per heavy atom. The number of rotatable bonds is 18. The number of aromatic amines is 4. The number of carboxylic acid groups (broad SMARTS) is 2. The van der Waals surface area contributed by atoms with E-state index >= 15 is 0 Å². The van der Waals surface area contributed by atoms with Crippen LogP contribution in [-0.4, -0.2) is 140 Å². The Labute approximate surface area is 610 Å². The summed E-state index contributed by atoms with van der Waals surface area (Å²) in [4.78, 5) is 136. The van der Waals surface area contributed by atoms with Gasteiger partial charge in [0.2, 0.25) is 0 Å². The topological polar surface area (TPSA) is 347 Å². The molecule has 6 aromatic rings. The molecule has 0 saturated heterocycles. The highest BCUT2D eigenvalue weighted by Gasteiger charge is 2.55. The molecule has 6 aromatic heterocycles. The minimum absolute atomic E-state index is 0.0715. The van der Waals surface area contributed by atoms with E-state index in [1.807, 2.05) is 104 Å². The first-order valence-electron chi connectivity index (χ1n) is 34.4. The number of methoxy groups -OCH3 is 6. The van der Waals surface area contributed by atoms with Crippen molar-refractivity contribution in [2.45, 2.75) is 118 Å². The van der Waals surface area contributed by atoms with Crippen LogP contribution in [0.15, 0.2) is 103 Å². The van der Waals surface area contributed by atoms with E-state index in [4.69, 9.17) is 48.4 Å². The first-order valence-corrected chi connectivity index (χ1v) is 34.4. The Bertz CT molecular complexity index is 5410. The largest absolute Gasteiger partial charge is 0.481 e. The van der Waals surface area contributed by atoms with Gasteiger partial charge in [0.05, 0.1) is 110 Å². The van der Waals surface area contributed by atoms with Crippen molar-refractivity contribution in [2.75, 3.05) is 42.7 Å². The Morgan fingerprint density at radius 3 is 1.27 bits per heavy atom. The molecule has 0 radical (unpaired) electrons. The van der Waals surface area contributed by atoms with E-state index < -0.39 is 58.5 Å². The summed E-state index contributed by atoms with van der Waals surface area (Å²) in [6, 6.07) is 15.2. The predicted molar refractivity (Wildman–Crippen MR) is 402 cm³/mol. The highest BCUT2D eigenvalue weighted by molar-refractivity contribution is 6.04. The van der Waals surface area contributed by atoms with Crippen LogP contribution >= 0.6 is 0 Å². The lowest BCUT2D eigenvalue weighted by Gasteiger charge is -2.36. The molecule has 0 aromatic carbocycles. The normalized spacial score (nSPS) is 17.8. The van der Waals surface area contributed by atoms with Crippen LogP contribution in [0.4, 0.5) is 0 Å². The van der Waals surface area contributed by atoms with Gasteiger partial charge in [-0.2, -0.15) is 0 Å². The smallest absolute Gasteiger partial charge is 0.334 e. The van der Waals surface area contributed by atoms with Crippen LogP contribution in [0.2, 0.25) is 0 Å². The standard InChI is InChI=1S/2C41H42N4O8/c1-9-23-20(2)29-17-34-27-13-10-26(39(49)52-7)38(40(50)53-8)41(27,5)35(45-34)19-30-22(4)24(11-14-36(46)47)32(44-30)18-33-25(12-15-37(48)51-6)21(3)28(43-33)16-31(23)42-29;1-9-23-20(2)29-17-34-27-13-10-26(39(49)52-7)38(40(50)53-8)41(27,5)35(45-34)19-30-22(4)25(12-15-37(48)51-6)33(44-30)18-32-24(11-14-36(46)47)21(3)28(43-32)16-31(23)42-29/h9-10,13,16-19,38,42,44H,1,11-12,14-15H2,2-8H3,(H,46,47);9-10,13,16-19,38,43-44H,1,11-12,14-15H2,2-8H3,(H,46,47)/t2*38-,41+/m00/s1. The van der Waals surface area contributed by atoms with Gasteiger partial charge in [-0.15, -0.1) is 0 Å². The zero-order valence-electron chi connectivity index (χ0n) is 61.7. The molecule has 6 aliphatic rings.